The standard InChI is InChI=1S/C19H17FN2O6/c1-26-13-8-12-15(18(28-3)17(13)27-2)16(24)19(25)22(12)9-14(23)21-11-6-4-10(20)5-7-11/h4-8H,9H2,1-3H3,(H,21,23). The summed E-state index contributed by atoms with van der Waals surface area (Å²) in [7, 11) is 4.11. The lowest BCUT2D eigenvalue weighted by molar-refractivity contribution is -0.118. The number of carbonyl (C=O) groups is 3. The third-order valence-electron chi connectivity index (χ3n) is 4.20. The number of ketones is 1. The lowest BCUT2D eigenvalue weighted by Crippen LogP contribution is -2.37. The van der Waals surface area contributed by atoms with Crippen molar-refractivity contribution >= 4 is 29.0 Å². The van der Waals surface area contributed by atoms with Crippen molar-refractivity contribution in [2.24, 2.45) is 0 Å². The summed E-state index contributed by atoms with van der Waals surface area (Å²) in [5.74, 6) is -2.24. The zero-order valence-corrected chi connectivity index (χ0v) is 15.4. The number of anilines is 2. The first-order valence-electron chi connectivity index (χ1n) is 8.15. The summed E-state index contributed by atoms with van der Waals surface area (Å²) in [5.41, 5.74) is 0.535. The molecule has 2 aromatic rings. The molecule has 0 saturated carbocycles. The first-order valence-corrected chi connectivity index (χ1v) is 8.15. The van der Waals surface area contributed by atoms with Crippen LogP contribution in [0.1, 0.15) is 10.4 Å². The lowest BCUT2D eigenvalue weighted by atomic mass is 10.1. The predicted octanol–water partition coefficient (Wildman–Crippen LogP) is 2.02. The van der Waals surface area contributed by atoms with Crippen LogP contribution in [0, 0.1) is 5.82 Å². The summed E-state index contributed by atoms with van der Waals surface area (Å²) in [4.78, 5) is 38.3. The molecule has 146 valence electrons. The van der Waals surface area contributed by atoms with Gasteiger partial charge < -0.3 is 19.5 Å². The van der Waals surface area contributed by atoms with E-state index in [2.05, 4.69) is 5.32 Å². The highest BCUT2D eigenvalue weighted by Gasteiger charge is 2.42. The summed E-state index contributed by atoms with van der Waals surface area (Å²) < 4.78 is 28.7. The van der Waals surface area contributed by atoms with Crippen LogP contribution in [-0.4, -0.2) is 45.5 Å². The number of fused-ring (bicyclic) bond motifs is 1. The van der Waals surface area contributed by atoms with Gasteiger partial charge in [-0.1, -0.05) is 0 Å². The molecule has 1 aliphatic rings. The molecule has 0 atom stereocenters. The maximum absolute atomic E-state index is 13.0. The number of ether oxygens (including phenoxy) is 3. The largest absolute Gasteiger partial charge is 0.493 e. The van der Waals surface area contributed by atoms with E-state index >= 15 is 0 Å². The summed E-state index contributed by atoms with van der Waals surface area (Å²) in [6.07, 6.45) is 0. The van der Waals surface area contributed by atoms with Crippen molar-refractivity contribution in [1.29, 1.82) is 0 Å². The minimum atomic E-state index is -0.877. The molecule has 0 spiro atoms. The van der Waals surface area contributed by atoms with Crippen molar-refractivity contribution in [2.45, 2.75) is 0 Å². The summed E-state index contributed by atoms with van der Waals surface area (Å²) in [6, 6.07) is 6.59. The molecule has 0 saturated heterocycles. The van der Waals surface area contributed by atoms with Crippen LogP contribution in [0.2, 0.25) is 0 Å². The second kappa shape index (κ2) is 7.55. The highest BCUT2D eigenvalue weighted by atomic mass is 19.1. The molecule has 1 aliphatic heterocycles. The molecule has 2 aromatic carbocycles. The van der Waals surface area contributed by atoms with E-state index in [1.165, 1.54) is 51.7 Å². The number of nitrogens with one attached hydrogen (secondary N) is 1. The van der Waals surface area contributed by atoms with Gasteiger partial charge in [0, 0.05) is 11.8 Å². The maximum atomic E-state index is 13.0. The number of hydrogen-bond acceptors (Lipinski definition) is 6. The smallest absolute Gasteiger partial charge is 0.300 e. The van der Waals surface area contributed by atoms with Crippen LogP contribution in [0.4, 0.5) is 15.8 Å². The third kappa shape index (κ3) is 3.22. The van der Waals surface area contributed by atoms with E-state index in [1.807, 2.05) is 0 Å². The molecule has 1 heterocycles. The molecule has 1 N–H and O–H groups in total. The fourth-order valence-corrected chi connectivity index (χ4v) is 2.95. The third-order valence-corrected chi connectivity index (χ3v) is 4.20. The van der Waals surface area contributed by atoms with Gasteiger partial charge in [-0.05, 0) is 24.3 Å². The lowest BCUT2D eigenvalue weighted by Gasteiger charge is -2.19. The van der Waals surface area contributed by atoms with E-state index in [0.29, 0.717) is 5.69 Å². The van der Waals surface area contributed by atoms with Crippen LogP contribution < -0.4 is 24.4 Å². The quantitative estimate of drug-likeness (QED) is 0.761. The van der Waals surface area contributed by atoms with Crippen LogP contribution in [0.3, 0.4) is 0 Å². The predicted molar refractivity (Wildman–Crippen MR) is 97.8 cm³/mol. The van der Waals surface area contributed by atoms with E-state index in [4.69, 9.17) is 14.2 Å². The number of carbonyl (C=O) groups excluding carboxylic acids is 3. The molecule has 0 radical (unpaired) electrons. The molecule has 0 unspecified atom stereocenters. The van der Waals surface area contributed by atoms with Crippen LogP contribution in [-0.2, 0) is 9.59 Å². The van der Waals surface area contributed by atoms with Gasteiger partial charge in [0.15, 0.2) is 11.5 Å². The number of rotatable bonds is 6. The van der Waals surface area contributed by atoms with Gasteiger partial charge >= 0.3 is 0 Å². The summed E-state index contributed by atoms with van der Waals surface area (Å²) in [6.45, 7) is -0.423. The Hall–Kier alpha value is -3.62. The molecule has 0 fully saturated rings. The number of Topliss-reactive ketones (excluding diaryl/α,β-unsaturated/α-hetero) is 1. The van der Waals surface area contributed by atoms with E-state index in [1.54, 1.807) is 0 Å². The van der Waals surface area contributed by atoms with E-state index < -0.39 is 30.0 Å². The average Bonchev–Trinajstić information content (AvgIpc) is 2.92. The molecule has 3 rings (SSSR count). The number of benzene rings is 2. The van der Waals surface area contributed by atoms with Crippen molar-refractivity contribution in [3.05, 3.63) is 41.7 Å². The van der Waals surface area contributed by atoms with Crippen LogP contribution in [0.5, 0.6) is 17.2 Å². The van der Waals surface area contributed by atoms with Crippen molar-refractivity contribution in [3.8, 4) is 17.2 Å². The average molecular weight is 388 g/mol. The maximum Gasteiger partial charge on any atom is 0.300 e. The minimum Gasteiger partial charge on any atom is -0.493 e. The Morgan fingerprint density at radius 2 is 1.68 bits per heavy atom. The number of halogens is 1. The van der Waals surface area contributed by atoms with Crippen LogP contribution in [0.15, 0.2) is 30.3 Å². The van der Waals surface area contributed by atoms with Gasteiger partial charge in [-0.2, -0.15) is 0 Å². The van der Waals surface area contributed by atoms with Crippen molar-refractivity contribution in [3.63, 3.8) is 0 Å². The molecule has 9 heteroatoms. The fraction of sp³-hybridized carbons (Fsp3) is 0.211. The second-order valence-corrected chi connectivity index (χ2v) is 5.81. The van der Waals surface area contributed by atoms with E-state index in [0.717, 1.165) is 4.90 Å². The van der Waals surface area contributed by atoms with Gasteiger partial charge in [-0.25, -0.2) is 4.39 Å². The monoisotopic (exact) mass is 388 g/mol. The Labute approximate surface area is 159 Å². The number of hydrogen-bond donors (Lipinski definition) is 1. The topological polar surface area (TPSA) is 94.2 Å². The van der Waals surface area contributed by atoms with Gasteiger partial charge in [0.1, 0.15) is 12.4 Å². The Bertz CT molecular complexity index is 958. The van der Waals surface area contributed by atoms with Gasteiger partial charge in [0.25, 0.3) is 11.7 Å². The number of nitrogens with zero attached hydrogens (tertiary/aromatic N) is 1. The summed E-state index contributed by atoms with van der Waals surface area (Å²) >= 11 is 0. The highest BCUT2D eigenvalue weighted by Crippen LogP contribution is 2.47. The molecule has 0 aromatic heterocycles. The zero-order chi connectivity index (χ0) is 20.4. The minimum absolute atomic E-state index is 0.000248. The Morgan fingerprint density at radius 1 is 1.04 bits per heavy atom. The highest BCUT2D eigenvalue weighted by molar-refractivity contribution is 6.53. The Kier molecular flexibility index (Phi) is 5.16. The van der Waals surface area contributed by atoms with Crippen LogP contribution >= 0.6 is 0 Å². The molecule has 2 amide bonds. The number of amides is 2. The molecule has 28 heavy (non-hydrogen) atoms. The van der Waals surface area contributed by atoms with E-state index in [9.17, 15) is 18.8 Å². The molecular formula is C19H17FN2O6. The SMILES string of the molecule is COc1cc2c(c(OC)c1OC)C(=O)C(=O)N2CC(=O)Nc1ccc(F)cc1. The fourth-order valence-electron chi connectivity index (χ4n) is 2.95. The van der Waals surface area contributed by atoms with Crippen molar-refractivity contribution in [1.82, 2.24) is 0 Å². The normalized spacial score (nSPS) is 12.6. The Balaban J connectivity index is 1.94. The van der Waals surface area contributed by atoms with Crippen molar-refractivity contribution < 1.29 is 33.0 Å². The Morgan fingerprint density at radius 3 is 2.25 bits per heavy atom. The second-order valence-electron chi connectivity index (χ2n) is 5.81. The first-order chi connectivity index (χ1) is 13.4. The molecule has 0 aliphatic carbocycles. The number of methoxy groups -OCH3 is 3. The van der Waals surface area contributed by atoms with Gasteiger partial charge in [0.2, 0.25) is 11.7 Å². The van der Waals surface area contributed by atoms with Crippen LogP contribution in [0.25, 0.3) is 0 Å². The zero-order valence-electron chi connectivity index (χ0n) is 15.4. The van der Waals surface area contributed by atoms with Crippen molar-refractivity contribution in [2.75, 3.05) is 38.1 Å². The molecule has 8 nitrogen and oxygen atoms in total. The van der Waals surface area contributed by atoms with Gasteiger partial charge in [-0.3, -0.25) is 19.3 Å². The molecular weight excluding hydrogens is 371 g/mol. The van der Waals surface area contributed by atoms with Gasteiger partial charge in [0.05, 0.1) is 32.6 Å². The summed E-state index contributed by atoms with van der Waals surface area (Å²) in [5, 5.41) is 2.54. The molecule has 0 bridgehead atoms. The van der Waals surface area contributed by atoms with Gasteiger partial charge in [-0.15, -0.1) is 0 Å². The van der Waals surface area contributed by atoms with E-state index in [-0.39, 0.29) is 28.5 Å². The first kappa shape index (κ1) is 19.2.